The van der Waals surface area contributed by atoms with Crippen LogP contribution in [0.2, 0.25) is 0 Å². The molecule has 9 nitrogen and oxygen atoms in total. The van der Waals surface area contributed by atoms with E-state index in [0.29, 0.717) is 32.2 Å². The highest BCUT2D eigenvalue weighted by Crippen LogP contribution is 2.29. The number of alkyl halides is 3. The minimum Gasteiger partial charge on any atom is -0.390 e. The number of benzene rings is 1. The van der Waals surface area contributed by atoms with E-state index < -0.39 is 61.7 Å². The molecule has 1 aromatic carbocycles. The van der Waals surface area contributed by atoms with E-state index in [-0.39, 0.29) is 37.6 Å². The Bertz CT molecular complexity index is 1220. The zero-order valence-corrected chi connectivity index (χ0v) is 30.5. The fraction of sp³-hybridized carbons (Fsp3) is 0.667. The van der Waals surface area contributed by atoms with Gasteiger partial charge in [-0.15, -0.1) is 24.7 Å². The topological polar surface area (TPSA) is 122 Å². The van der Waals surface area contributed by atoms with Crippen LogP contribution in [0.4, 0.5) is 13.2 Å². The number of terminal acetylenes is 2. The summed E-state index contributed by atoms with van der Waals surface area (Å²) in [5.41, 5.74) is 0.852. The van der Waals surface area contributed by atoms with Crippen LogP contribution in [0.5, 0.6) is 0 Å². The van der Waals surface area contributed by atoms with E-state index in [0.717, 1.165) is 37.7 Å². The highest BCUT2D eigenvalue weighted by atomic mass is 19.3. The van der Waals surface area contributed by atoms with E-state index in [4.69, 9.17) is 12.8 Å². The van der Waals surface area contributed by atoms with Crippen LogP contribution < -0.4 is 10.6 Å². The van der Waals surface area contributed by atoms with E-state index in [9.17, 15) is 37.8 Å². The second-order valence-electron chi connectivity index (χ2n) is 13.4. The summed E-state index contributed by atoms with van der Waals surface area (Å²) < 4.78 is 32.2. The lowest BCUT2D eigenvalue weighted by molar-refractivity contribution is -0.137. The first-order valence-electron chi connectivity index (χ1n) is 18.0. The van der Waals surface area contributed by atoms with E-state index in [2.05, 4.69) is 22.5 Å². The molecule has 0 radical (unpaired) electrons. The Hall–Kier alpha value is -3.58. The molecule has 51 heavy (non-hydrogen) atoms. The molecule has 12 heteroatoms. The largest absolute Gasteiger partial charge is 0.390 e. The van der Waals surface area contributed by atoms with Crippen molar-refractivity contribution in [3.63, 3.8) is 0 Å². The molecule has 0 aromatic heterocycles. The summed E-state index contributed by atoms with van der Waals surface area (Å²) in [6.45, 7) is 0.0676. The summed E-state index contributed by atoms with van der Waals surface area (Å²) in [6.07, 6.45) is 16.5. The number of amides is 3. The lowest BCUT2D eigenvalue weighted by Crippen LogP contribution is -2.57. The van der Waals surface area contributed by atoms with Crippen LogP contribution in [0.1, 0.15) is 83.1 Å². The summed E-state index contributed by atoms with van der Waals surface area (Å²) >= 11 is 0. The van der Waals surface area contributed by atoms with Gasteiger partial charge in [-0.2, -0.15) is 0 Å². The standard InChI is InChI=1S/C38H57FN4O5.CH2F2/c1-6-9-12-21-33(44)36(46)32(25-29-19-15-11-16-20-29)40-38(48)35(30(7-2)8-3)41-37(47)31(24-28-17-13-10-14-18-28)26-34(45)43(5)23-22-42(4)27-39;2-1-3/h1-2,10,13-14,17-18,29-33,35-36,44,46H,8-9,11-12,15-16,19-27H2,3-5H3,(H,40,48)(H,41,47);1H2/t30?,31?,32?,33?,35-,36?;/m0./s1. The van der Waals surface area contributed by atoms with Gasteiger partial charge in [0.15, 0.2) is 0 Å². The predicted molar refractivity (Wildman–Crippen MR) is 194 cm³/mol. The molecule has 1 aliphatic carbocycles. The quantitative estimate of drug-likeness (QED) is 0.0840. The van der Waals surface area contributed by atoms with Crippen molar-refractivity contribution >= 4 is 17.7 Å². The van der Waals surface area contributed by atoms with Gasteiger partial charge in [-0.25, -0.2) is 13.2 Å². The SMILES string of the molecule is C#CCCCC(O)C(O)C(CC1CCCCC1)NC(=O)[C@@H](NC(=O)C(CC(=O)N(C)CCN(C)CF)Cc1ccccc1)C(C#C)CC.FCF. The van der Waals surface area contributed by atoms with E-state index >= 15 is 0 Å². The minimum absolute atomic E-state index is 0.120. The summed E-state index contributed by atoms with van der Waals surface area (Å²) in [4.78, 5) is 44.1. The number of unbranched alkanes of at least 4 members (excludes halogenated alkanes) is 1. The normalized spacial score (nSPS) is 16.5. The van der Waals surface area contributed by atoms with Crippen molar-refractivity contribution in [1.82, 2.24) is 20.4 Å². The second-order valence-corrected chi connectivity index (χ2v) is 13.4. The lowest BCUT2D eigenvalue weighted by Gasteiger charge is -2.34. The average Bonchev–Trinajstić information content (AvgIpc) is 3.13. The van der Waals surface area contributed by atoms with Crippen LogP contribution in [0.25, 0.3) is 0 Å². The van der Waals surface area contributed by atoms with Gasteiger partial charge < -0.3 is 25.7 Å². The first-order valence-corrected chi connectivity index (χ1v) is 18.0. The molecule has 0 spiro atoms. The molecule has 1 aliphatic rings. The lowest BCUT2D eigenvalue weighted by atomic mass is 9.82. The van der Waals surface area contributed by atoms with Gasteiger partial charge >= 0.3 is 0 Å². The zero-order chi connectivity index (χ0) is 38.2. The fourth-order valence-electron chi connectivity index (χ4n) is 6.29. The Morgan fingerprint density at radius 2 is 1.63 bits per heavy atom. The van der Waals surface area contributed by atoms with E-state index in [1.807, 2.05) is 37.3 Å². The number of carbonyl (C=O) groups excluding carboxylic acids is 3. The maximum absolute atomic E-state index is 14.0. The van der Waals surface area contributed by atoms with Crippen molar-refractivity contribution < 1.29 is 37.8 Å². The molecule has 5 unspecified atom stereocenters. The first-order chi connectivity index (χ1) is 24.4. The van der Waals surface area contributed by atoms with Crippen LogP contribution in [0.3, 0.4) is 0 Å². The molecular formula is C39H59F3N4O5. The molecule has 3 amide bonds. The van der Waals surface area contributed by atoms with Crippen molar-refractivity contribution in [2.24, 2.45) is 17.8 Å². The zero-order valence-electron chi connectivity index (χ0n) is 30.5. The van der Waals surface area contributed by atoms with E-state index in [1.165, 1.54) is 9.80 Å². The number of halogens is 3. The molecule has 0 heterocycles. The van der Waals surface area contributed by atoms with Crippen molar-refractivity contribution in [2.75, 3.05) is 40.9 Å². The summed E-state index contributed by atoms with van der Waals surface area (Å²) in [7, 11) is 3.23. The average molecular weight is 721 g/mol. The first kappa shape index (κ1) is 45.4. The monoisotopic (exact) mass is 720 g/mol. The number of hydrogen-bond donors (Lipinski definition) is 4. The summed E-state index contributed by atoms with van der Waals surface area (Å²) in [6, 6.07) is 7.43. The number of likely N-dealkylation sites (N-methyl/N-ethyl adjacent to an activating group) is 2. The second kappa shape index (κ2) is 26.2. The molecule has 0 saturated heterocycles. The molecule has 6 atom stereocenters. The Kier molecular flexibility index (Phi) is 23.4. The number of rotatable bonds is 21. The molecule has 1 aromatic rings. The molecule has 4 N–H and O–H groups in total. The number of aliphatic hydroxyl groups is 2. The van der Waals surface area contributed by atoms with Gasteiger partial charge in [-0.3, -0.25) is 19.3 Å². The molecule has 0 aliphatic heterocycles. The van der Waals surface area contributed by atoms with E-state index in [1.54, 1.807) is 14.1 Å². The third kappa shape index (κ3) is 17.5. The highest BCUT2D eigenvalue weighted by Gasteiger charge is 2.36. The number of carbonyl (C=O) groups is 3. The summed E-state index contributed by atoms with van der Waals surface area (Å²) in [5.74, 6) is 2.68. The van der Waals surface area contributed by atoms with Gasteiger partial charge in [0.2, 0.25) is 24.6 Å². The van der Waals surface area contributed by atoms with Crippen LogP contribution in [0.15, 0.2) is 30.3 Å². The van der Waals surface area contributed by atoms with Crippen molar-refractivity contribution in [3.05, 3.63) is 35.9 Å². The van der Waals surface area contributed by atoms with Crippen molar-refractivity contribution in [2.45, 2.75) is 108 Å². The van der Waals surface area contributed by atoms with Gasteiger partial charge in [0.1, 0.15) is 12.8 Å². The third-order valence-corrected chi connectivity index (χ3v) is 9.47. The van der Waals surface area contributed by atoms with Crippen LogP contribution in [0, 0.1) is 42.4 Å². The molecule has 2 rings (SSSR count). The van der Waals surface area contributed by atoms with Gasteiger partial charge in [0, 0.05) is 38.9 Å². The van der Waals surface area contributed by atoms with Gasteiger partial charge in [-0.1, -0.05) is 69.4 Å². The molecular weight excluding hydrogens is 661 g/mol. The maximum Gasteiger partial charge on any atom is 0.244 e. The van der Waals surface area contributed by atoms with Crippen LogP contribution in [-0.4, -0.2) is 103 Å². The highest BCUT2D eigenvalue weighted by molar-refractivity contribution is 5.91. The van der Waals surface area contributed by atoms with Gasteiger partial charge in [-0.05, 0) is 50.6 Å². The van der Waals surface area contributed by atoms with Crippen molar-refractivity contribution in [1.29, 1.82) is 0 Å². The molecule has 286 valence electrons. The third-order valence-electron chi connectivity index (χ3n) is 9.47. The Balaban J connectivity index is 0.00000418. The fourth-order valence-corrected chi connectivity index (χ4v) is 6.29. The number of hydrogen-bond acceptors (Lipinski definition) is 6. The van der Waals surface area contributed by atoms with Crippen LogP contribution >= 0.6 is 0 Å². The Morgan fingerprint density at radius 3 is 2.20 bits per heavy atom. The maximum atomic E-state index is 14.0. The van der Waals surface area contributed by atoms with Gasteiger partial charge in [0.05, 0.1) is 24.2 Å². The minimum atomic E-state index is -1.75. The predicted octanol–water partition coefficient (Wildman–Crippen LogP) is 4.56. The number of aliphatic hydroxyl groups excluding tert-OH is 2. The Labute approximate surface area is 303 Å². The number of nitrogens with zero attached hydrogens (tertiary/aromatic N) is 2. The summed E-state index contributed by atoms with van der Waals surface area (Å²) in [5, 5.41) is 27.9. The Morgan fingerprint density at radius 1 is 0.980 bits per heavy atom. The van der Waals surface area contributed by atoms with Crippen LogP contribution in [-0.2, 0) is 20.8 Å². The molecule has 1 saturated carbocycles. The smallest absolute Gasteiger partial charge is 0.244 e. The van der Waals surface area contributed by atoms with Gasteiger partial charge in [0.25, 0.3) is 0 Å². The molecule has 0 bridgehead atoms. The van der Waals surface area contributed by atoms with Crippen molar-refractivity contribution in [3.8, 4) is 24.7 Å². The number of nitrogens with one attached hydrogen (secondary N) is 2. The molecule has 1 fully saturated rings.